The molecule has 0 aliphatic carbocycles. The summed E-state index contributed by atoms with van der Waals surface area (Å²) in [5, 5.41) is 3.14. The quantitative estimate of drug-likeness (QED) is 0.648. The fourth-order valence-electron chi connectivity index (χ4n) is 1.46. The normalized spacial score (nSPS) is 12.1. The molecule has 5 nitrogen and oxygen atoms in total. The second-order valence-corrected chi connectivity index (χ2v) is 3.81. The molecule has 0 heterocycles. The lowest BCUT2D eigenvalue weighted by Crippen LogP contribution is -2.20. The number of ether oxygens (including phenoxy) is 1. The van der Waals surface area contributed by atoms with E-state index in [1.165, 1.54) is 0 Å². The highest BCUT2D eigenvalue weighted by Gasteiger charge is 2.06. The van der Waals surface area contributed by atoms with Crippen LogP contribution in [0.4, 0.5) is 11.4 Å². The van der Waals surface area contributed by atoms with Crippen molar-refractivity contribution in [1.82, 2.24) is 0 Å². The summed E-state index contributed by atoms with van der Waals surface area (Å²) in [6.07, 6.45) is 0.0802. The Labute approximate surface area is 101 Å². The molecule has 0 bridgehead atoms. The molecule has 1 aromatic rings. The van der Waals surface area contributed by atoms with Crippen molar-refractivity contribution in [2.45, 2.75) is 20.0 Å². The predicted octanol–water partition coefficient (Wildman–Crippen LogP) is 1.20. The Morgan fingerprint density at radius 1 is 1.53 bits per heavy atom. The maximum atomic E-state index is 11.0. The number of rotatable bonds is 6. The number of carbonyl (C=O) groups is 1. The van der Waals surface area contributed by atoms with Gasteiger partial charge in [-0.2, -0.15) is 0 Å². The minimum Gasteiger partial charge on any atom is -0.397 e. The second kappa shape index (κ2) is 6.10. The molecule has 94 valence electrons. The number of hydrogen-bond donors (Lipinski definition) is 3. The number of carbonyl (C=O) groups excluding carboxylic acids is 1. The highest BCUT2D eigenvalue weighted by atomic mass is 16.5. The Bertz CT molecular complexity index is 393. The molecule has 0 saturated heterocycles. The lowest BCUT2D eigenvalue weighted by Gasteiger charge is -2.15. The van der Waals surface area contributed by atoms with Crippen LogP contribution in [0.3, 0.4) is 0 Å². The lowest BCUT2D eigenvalue weighted by molar-refractivity contribution is 0.0855. The van der Waals surface area contributed by atoms with Gasteiger partial charge in [0.1, 0.15) is 0 Å². The molecular weight excluding hydrogens is 218 g/mol. The zero-order valence-electron chi connectivity index (χ0n) is 10.2. The molecule has 0 radical (unpaired) electrons. The molecule has 5 heteroatoms. The monoisotopic (exact) mass is 237 g/mol. The van der Waals surface area contributed by atoms with Gasteiger partial charge in [0.05, 0.1) is 17.5 Å². The van der Waals surface area contributed by atoms with Gasteiger partial charge in [-0.3, -0.25) is 4.79 Å². The maximum Gasteiger partial charge on any atom is 0.248 e. The molecule has 1 atom stereocenters. The van der Waals surface area contributed by atoms with E-state index in [1.807, 2.05) is 13.8 Å². The molecule has 0 aliphatic rings. The van der Waals surface area contributed by atoms with Crippen LogP contribution in [0.2, 0.25) is 0 Å². The van der Waals surface area contributed by atoms with Gasteiger partial charge in [0.25, 0.3) is 0 Å². The van der Waals surface area contributed by atoms with E-state index < -0.39 is 5.91 Å². The molecule has 0 saturated carbocycles. The number of amides is 1. The average molecular weight is 237 g/mol. The standard InChI is InChI=1S/C12H19N3O2/c1-3-17-8(2)7-15-11-6-9(12(14)16)4-5-10(11)13/h4-6,8,15H,3,7,13H2,1-2H3,(H2,14,16). The molecule has 1 unspecified atom stereocenters. The van der Waals surface area contributed by atoms with Crippen LogP contribution in [0.15, 0.2) is 18.2 Å². The van der Waals surface area contributed by atoms with Gasteiger partial charge in [0.15, 0.2) is 0 Å². The number of nitrogens with two attached hydrogens (primary N) is 2. The fourth-order valence-corrected chi connectivity index (χ4v) is 1.46. The Kier molecular flexibility index (Phi) is 4.78. The van der Waals surface area contributed by atoms with E-state index in [4.69, 9.17) is 16.2 Å². The van der Waals surface area contributed by atoms with Crippen molar-refractivity contribution in [1.29, 1.82) is 0 Å². The molecule has 5 N–H and O–H groups in total. The first kappa shape index (κ1) is 13.3. The number of nitrogens with one attached hydrogen (secondary N) is 1. The number of nitrogen functional groups attached to an aromatic ring is 1. The van der Waals surface area contributed by atoms with Gasteiger partial charge in [-0.05, 0) is 32.0 Å². The smallest absolute Gasteiger partial charge is 0.248 e. The third-order valence-electron chi connectivity index (χ3n) is 2.37. The van der Waals surface area contributed by atoms with Crippen molar-refractivity contribution in [3.63, 3.8) is 0 Å². The number of anilines is 2. The van der Waals surface area contributed by atoms with Gasteiger partial charge in [0, 0.05) is 18.7 Å². The van der Waals surface area contributed by atoms with Crippen molar-refractivity contribution in [3.05, 3.63) is 23.8 Å². The van der Waals surface area contributed by atoms with Crippen LogP contribution in [-0.2, 0) is 4.74 Å². The van der Waals surface area contributed by atoms with Gasteiger partial charge in [-0.15, -0.1) is 0 Å². The van der Waals surface area contributed by atoms with Gasteiger partial charge in [0.2, 0.25) is 5.91 Å². The van der Waals surface area contributed by atoms with E-state index in [-0.39, 0.29) is 6.10 Å². The number of hydrogen-bond acceptors (Lipinski definition) is 4. The van der Waals surface area contributed by atoms with Gasteiger partial charge in [-0.1, -0.05) is 0 Å². The zero-order valence-corrected chi connectivity index (χ0v) is 10.2. The summed E-state index contributed by atoms with van der Waals surface area (Å²) in [7, 11) is 0. The molecule has 0 aromatic heterocycles. The van der Waals surface area contributed by atoms with Crippen molar-refractivity contribution in [2.75, 3.05) is 24.2 Å². The van der Waals surface area contributed by atoms with Crippen LogP contribution in [0.5, 0.6) is 0 Å². The van der Waals surface area contributed by atoms with E-state index in [0.717, 1.165) is 0 Å². The van der Waals surface area contributed by atoms with Crippen LogP contribution in [-0.4, -0.2) is 25.2 Å². The first-order valence-corrected chi connectivity index (χ1v) is 5.59. The van der Waals surface area contributed by atoms with Crippen molar-refractivity contribution in [2.24, 2.45) is 5.73 Å². The molecule has 1 aromatic carbocycles. The summed E-state index contributed by atoms with van der Waals surface area (Å²) in [6.45, 7) is 5.20. The first-order chi connectivity index (χ1) is 8.04. The van der Waals surface area contributed by atoms with Crippen molar-refractivity contribution >= 4 is 17.3 Å². The van der Waals surface area contributed by atoms with Crippen LogP contribution >= 0.6 is 0 Å². The van der Waals surface area contributed by atoms with E-state index >= 15 is 0 Å². The Hall–Kier alpha value is -1.75. The third-order valence-corrected chi connectivity index (χ3v) is 2.37. The fraction of sp³-hybridized carbons (Fsp3) is 0.417. The minimum atomic E-state index is -0.467. The summed E-state index contributed by atoms with van der Waals surface area (Å²) in [4.78, 5) is 11.0. The summed E-state index contributed by atoms with van der Waals surface area (Å²) < 4.78 is 5.39. The van der Waals surface area contributed by atoms with Gasteiger partial charge >= 0.3 is 0 Å². The van der Waals surface area contributed by atoms with Crippen LogP contribution in [0, 0.1) is 0 Å². The minimum absolute atomic E-state index is 0.0802. The van der Waals surface area contributed by atoms with Crippen molar-refractivity contribution < 1.29 is 9.53 Å². The van der Waals surface area contributed by atoms with Gasteiger partial charge < -0.3 is 21.5 Å². The molecular formula is C12H19N3O2. The van der Waals surface area contributed by atoms with Crippen LogP contribution in [0.25, 0.3) is 0 Å². The topological polar surface area (TPSA) is 90.4 Å². The second-order valence-electron chi connectivity index (χ2n) is 3.81. The van der Waals surface area contributed by atoms with Crippen molar-refractivity contribution in [3.8, 4) is 0 Å². The zero-order chi connectivity index (χ0) is 12.8. The van der Waals surface area contributed by atoms with Crippen LogP contribution in [0.1, 0.15) is 24.2 Å². The largest absolute Gasteiger partial charge is 0.397 e. The molecule has 0 aliphatic heterocycles. The summed E-state index contributed by atoms with van der Waals surface area (Å²) in [5.41, 5.74) is 12.7. The van der Waals surface area contributed by atoms with E-state index in [1.54, 1.807) is 18.2 Å². The van der Waals surface area contributed by atoms with Gasteiger partial charge in [-0.25, -0.2) is 0 Å². The highest BCUT2D eigenvalue weighted by molar-refractivity contribution is 5.94. The Morgan fingerprint density at radius 3 is 2.82 bits per heavy atom. The summed E-state index contributed by atoms with van der Waals surface area (Å²) >= 11 is 0. The Balaban J connectivity index is 2.69. The predicted molar refractivity (Wildman–Crippen MR) is 69.0 cm³/mol. The number of benzene rings is 1. The Morgan fingerprint density at radius 2 is 2.24 bits per heavy atom. The molecule has 0 fully saturated rings. The maximum absolute atomic E-state index is 11.0. The summed E-state index contributed by atoms with van der Waals surface area (Å²) in [6, 6.07) is 4.92. The van der Waals surface area contributed by atoms with E-state index in [9.17, 15) is 4.79 Å². The molecule has 0 spiro atoms. The first-order valence-electron chi connectivity index (χ1n) is 5.59. The van der Waals surface area contributed by atoms with Crippen LogP contribution < -0.4 is 16.8 Å². The molecule has 1 rings (SSSR count). The average Bonchev–Trinajstić information content (AvgIpc) is 2.28. The van der Waals surface area contributed by atoms with E-state index in [0.29, 0.717) is 30.1 Å². The molecule has 17 heavy (non-hydrogen) atoms. The number of primary amides is 1. The SMILES string of the molecule is CCOC(C)CNc1cc(C(N)=O)ccc1N. The lowest BCUT2D eigenvalue weighted by atomic mass is 10.1. The third kappa shape index (κ3) is 3.96. The van der Waals surface area contributed by atoms with E-state index in [2.05, 4.69) is 5.32 Å². The highest BCUT2D eigenvalue weighted by Crippen LogP contribution is 2.19. The summed E-state index contributed by atoms with van der Waals surface area (Å²) in [5.74, 6) is -0.467. The molecule has 1 amide bonds.